The molecule has 0 unspecified atom stereocenters. The number of aromatic nitrogens is 3. The van der Waals surface area contributed by atoms with E-state index in [1.54, 1.807) is 18.7 Å². The number of hydrogen-bond acceptors (Lipinski definition) is 4. The van der Waals surface area contributed by atoms with Gasteiger partial charge < -0.3 is 9.26 Å². The second-order valence-corrected chi connectivity index (χ2v) is 6.21. The molecule has 6 heteroatoms. The van der Waals surface area contributed by atoms with Gasteiger partial charge in [0.2, 0.25) is 5.88 Å². The topological polar surface area (TPSA) is 62.2 Å². The van der Waals surface area contributed by atoms with Crippen LogP contribution in [0.5, 0.6) is 5.88 Å². The van der Waals surface area contributed by atoms with E-state index in [2.05, 4.69) is 5.10 Å². The van der Waals surface area contributed by atoms with Gasteiger partial charge in [0, 0.05) is 19.3 Å². The van der Waals surface area contributed by atoms with E-state index < -0.39 is 0 Å². The summed E-state index contributed by atoms with van der Waals surface area (Å²) in [5, 5.41) is 4.45. The molecule has 0 fully saturated rings. The molecule has 4 aromatic rings. The second-order valence-electron chi connectivity index (χ2n) is 6.21. The Hall–Kier alpha value is -3.54. The largest absolute Gasteiger partial charge is 0.472 e. The Labute approximate surface area is 183 Å². The Morgan fingerprint density at radius 1 is 0.935 bits per heavy atom. The fraction of sp³-hybridized carbons (Fsp3) is 0.280. The Balaban J connectivity index is 0.000000807. The van der Waals surface area contributed by atoms with Gasteiger partial charge in [-0.2, -0.15) is 4.74 Å². The molecule has 4 rings (SSSR count). The van der Waals surface area contributed by atoms with Gasteiger partial charge >= 0.3 is 0 Å². The van der Waals surface area contributed by atoms with E-state index in [1.807, 2.05) is 94.6 Å². The van der Waals surface area contributed by atoms with E-state index in [9.17, 15) is 4.79 Å². The molecule has 6 nitrogen and oxygen atoms in total. The van der Waals surface area contributed by atoms with Crippen LogP contribution in [0.2, 0.25) is 0 Å². The number of aryl methyl sites for hydroxylation is 2. The van der Waals surface area contributed by atoms with Gasteiger partial charge in [0.05, 0.1) is 11.3 Å². The van der Waals surface area contributed by atoms with E-state index in [0.29, 0.717) is 23.8 Å². The van der Waals surface area contributed by atoms with Crippen LogP contribution < -0.4 is 10.3 Å². The molecule has 0 N–H and O–H groups in total. The summed E-state index contributed by atoms with van der Waals surface area (Å²) < 4.78 is 14.3. The number of ether oxygens (including phenoxy) is 1. The number of hydrogen-bond donors (Lipinski definition) is 0. The Morgan fingerprint density at radius 3 is 2.23 bits per heavy atom. The summed E-state index contributed by atoms with van der Waals surface area (Å²) in [5.41, 5.74) is 3.07. The Kier molecular flexibility index (Phi) is 8.88. The second kappa shape index (κ2) is 11.6. The van der Waals surface area contributed by atoms with Gasteiger partial charge in [-0.1, -0.05) is 70.2 Å². The number of benzene rings is 2. The van der Waals surface area contributed by atoms with Crippen LogP contribution in [-0.2, 0) is 13.7 Å². The minimum atomic E-state index is -0.159. The van der Waals surface area contributed by atoms with Crippen molar-refractivity contribution in [2.75, 3.05) is 0 Å². The average molecular weight is 422 g/mol. The molecular formula is C25H31N3O3. The van der Waals surface area contributed by atoms with E-state index in [4.69, 9.17) is 9.26 Å². The number of nitrogens with zero attached hydrogens (tertiary/aromatic N) is 3. The maximum atomic E-state index is 12.4. The quantitative estimate of drug-likeness (QED) is 0.410. The lowest BCUT2D eigenvalue weighted by molar-refractivity contribution is 0.283. The zero-order chi connectivity index (χ0) is 22.8. The van der Waals surface area contributed by atoms with Gasteiger partial charge in [0.15, 0.2) is 0 Å². The van der Waals surface area contributed by atoms with Crippen molar-refractivity contribution in [2.24, 2.45) is 7.05 Å². The highest BCUT2D eigenvalue weighted by atomic mass is 16.5. The molecule has 0 amide bonds. The van der Waals surface area contributed by atoms with Crippen LogP contribution in [0.15, 0.2) is 76.2 Å². The van der Waals surface area contributed by atoms with Gasteiger partial charge in [-0.05, 0) is 30.2 Å². The molecule has 0 atom stereocenters. The zero-order valence-electron chi connectivity index (χ0n) is 19.1. The summed E-state index contributed by atoms with van der Waals surface area (Å²) >= 11 is 0. The first-order valence-electron chi connectivity index (χ1n) is 10.6. The monoisotopic (exact) mass is 421 g/mol. The van der Waals surface area contributed by atoms with Crippen LogP contribution in [0, 0.1) is 6.92 Å². The SMILES string of the molecule is CC.CC.Cc1on(C)c(=O)c1-c1ccccc1COc1ccn(-c2ccccc2)n1. The molecule has 0 aliphatic carbocycles. The summed E-state index contributed by atoms with van der Waals surface area (Å²) in [7, 11) is 1.61. The first kappa shape index (κ1) is 23.7. The molecule has 0 saturated heterocycles. The van der Waals surface area contributed by atoms with E-state index in [0.717, 1.165) is 16.8 Å². The average Bonchev–Trinajstić information content (AvgIpc) is 3.40. The lowest BCUT2D eigenvalue weighted by Crippen LogP contribution is -2.12. The van der Waals surface area contributed by atoms with Crippen LogP contribution in [0.3, 0.4) is 0 Å². The van der Waals surface area contributed by atoms with E-state index in [-0.39, 0.29) is 5.56 Å². The van der Waals surface area contributed by atoms with Crippen LogP contribution in [0.1, 0.15) is 39.0 Å². The Bertz CT molecular complexity index is 1120. The summed E-state index contributed by atoms with van der Waals surface area (Å²) in [6, 6.07) is 19.3. The highest BCUT2D eigenvalue weighted by Gasteiger charge is 2.17. The fourth-order valence-electron chi connectivity index (χ4n) is 3.06. The molecule has 164 valence electrons. The molecule has 0 aliphatic heterocycles. The molecule has 0 radical (unpaired) electrons. The molecule has 31 heavy (non-hydrogen) atoms. The third-order valence-electron chi connectivity index (χ3n) is 4.37. The first-order chi connectivity index (χ1) is 15.1. The van der Waals surface area contributed by atoms with E-state index in [1.165, 1.54) is 4.74 Å². The highest BCUT2D eigenvalue weighted by molar-refractivity contribution is 5.68. The van der Waals surface area contributed by atoms with E-state index >= 15 is 0 Å². The van der Waals surface area contributed by atoms with Gasteiger partial charge in [0.1, 0.15) is 12.4 Å². The molecule has 0 saturated carbocycles. The Morgan fingerprint density at radius 2 is 1.58 bits per heavy atom. The number of para-hydroxylation sites is 1. The van der Waals surface area contributed by atoms with Gasteiger partial charge in [-0.3, -0.25) is 4.79 Å². The lowest BCUT2D eigenvalue weighted by atomic mass is 10.0. The van der Waals surface area contributed by atoms with Crippen molar-refractivity contribution >= 4 is 0 Å². The van der Waals surface area contributed by atoms with Crippen LogP contribution >= 0.6 is 0 Å². The van der Waals surface area contributed by atoms with Gasteiger partial charge in [-0.15, -0.1) is 5.10 Å². The van der Waals surface area contributed by atoms with Crippen molar-refractivity contribution in [3.05, 3.63) is 88.5 Å². The predicted octanol–water partition coefficient (Wildman–Crippen LogP) is 5.77. The third kappa shape index (κ3) is 5.54. The normalized spacial score (nSPS) is 9.87. The summed E-state index contributed by atoms with van der Waals surface area (Å²) in [6.45, 7) is 10.1. The molecular weight excluding hydrogens is 390 g/mol. The van der Waals surface area contributed by atoms with Gasteiger partial charge in [-0.25, -0.2) is 4.68 Å². The molecule has 0 spiro atoms. The highest BCUT2D eigenvalue weighted by Crippen LogP contribution is 2.25. The smallest absolute Gasteiger partial charge is 0.290 e. The van der Waals surface area contributed by atoms with Crippen molar-refractivity contribution in [3.8, 4) is 22.7 Å². The summed E-state index contributed by atoms with van der Waals surface area (Å²) in [5.74, 6) is 1.11. The zero-order valence-corrected chi connectivity index (χ0v) is 19.1. The molecule has 2 aromatic carbocycles. The van der Waals surface area contributed by atoms with Crippen LogP contribution in [0.4, 0.5) is 0 Å². The molecule has 0 aliphatic rings. The van der Waals surface area contributed by atoms with Gasteiger partial charge in [0.25, 0.3) is 5.56 Å². The molecule has 0 bridgehead atoms. The van der Waals surface area contributed by atoms with Crippen LogP contribution in [0.25, 0.3) is 16.8 Å². The number of rotatable bonds is 5. The maximum absolute atomic E-state index is 12.4. The minimum absolute atomic E-state index is 0.159. The summed E-state index contributed by atoms with van der Waals surface area (Å²) in [4.78, 5) is 12.4. The van der Waals surface area contributed by atoms with Crippen molar-refractivity contribution in [1.82, 2.24) is 14.5 Å². The minimum Gasteiger partial charge on any atom is -0.472 e. The predicted molar refractivity (Wildman–Crippen MR) is 125 cm³/mol. The summed E-state index contributed by atoms with van der Waals surface area (Å²) in [6.07, 6.45) is 1.85. The lowest BCUT2D eigenvalue weighted by Gasteiger charge is -2.08. The van der Waals surface area contributed by atoms with Crippen molar-refractivity contribution in [3.63, 3.8) is 0 Å². The standard InChI is InChI=1S/C21H19N3O3.2C2H6/c1-15-20(21(25)23(2)27-15)18-11-7-6-8-16(18)14-26-19-12-13-24(22-19)17-9-4-3-5-10-17;2*1-2/h3-13H,14H2,1-2H3;2*1-2H3. The van der Waals surface area contributed by atoms with Crippen LogP contribution in [-0.4, -0.2) is 14.5 Å². The van der Waals surface area contributed by atoms with Crippen molar-refractivity contribution < 1.29 is 9.26 Å². The maximum Gasteiger partial charge on any atom is 0.290 e. The third-order valence-corrected chi connectivity index (χ3v) is 4.37. The van der Waals surface area contributed by atoms with Crippen molar-refractivity contribution in [2.45, 2.75) is 41.2 Å². The van der Waals surface area contributed by atoms with Crippen molar-refractivity contribution in [1.29, 1.82) is 0 Å². The fourth-order valence-corrected chi connectivity index (χ4v) is 3.06. The first-order valence-corrected chi connectivity index (χ1v) is 10.6. The molecule has 2 aromatic heterocycles. The molecule has 2 heterocycles.